The molecule has 1 N–H and O–H groups in total. The standard InChI is InChI=1S/C11H8N2O4/c1-17-11(16)6-4-7(10(14)15)9-8(5-6)12-2-3-13-9/h2-5H,1H3,(H,14,15). The molecule has 0 amide bonds. The summed E-state index contributed by atoms with van der Waals surface area (Å²) in [5.74, 6) is -1.78. The minimum Gasteiger partial charge on any atom is -0.478 e. The smallest absolute Gasteiger partial charge is 0.338 e. The topological polar surface area (TPSA) is 89.4 Å². The number of methoxy groups -OCH3 is 1. The van der Waals surface area contributed by atoms with Crippen LogP contribution < -0.4 is 0 Å². The third-order valence-electron chi connectivity index (χ3n) is 2.23. The van der Waals surface area contributed by atoms with E-state index in [2.05, 4.69) is 14.7 Å². The van der Waals surface area contributed by atoms with Crippen LogP contribution in [0.1, 0.15) is 20.7 Å². The fourth-order valence-corrected chi connectivity index (χ4v) is 1.47. The van der Waals surface area contributed by atoms with Gasteiger partial charge in [0.2, 0.25) is 0 Å². The van der Waals surface area contributed by atoms with Gasteiger partial charge in [-0.05, 0) is 12.1 Å². The van der Waals surface area contributed by atoms with Gasteiger partial charge in [-0.2, -0.15) is 0 Å². The second kappa shape index (κ2) is 4.17. The maximum absolute atomic E-state index is 11.4. The molecule has 2 rings (SSSR count). The molecule has 0 radical (unpaired) electrons. The summed E-state index contributed by atoms with van der Waals surface area (Å²) in [7, 11) is 1.23. The van der Waals surface area contributed by atoms with E-state index in [4.69, 9.17) is 5.11 Å². The van der Waals surface area contributed by atoms with Crippen LogP contribution in [0.2, 0.25) is 0 Å². The maximum Gasteiger partial charge on any atom is 0.338 e. The summed E-state index contributed by atoms with van der Waals surface area (Å²) in [5.41, 5.74) is 0.648. The zero-order chi connectivity index (χ0) is 12.4. The van der Waals surface area contributed by atoms with Crippen molar-refractivity contribution in [3.05, 3.63) is 35.7 Å². The molecular formula is C11H8N2O4. The van der Waals surface area contributed by atoms with Crippen molar-refractivity contribution in [3.63, 3.8) is 0 Å². The van der Waals surface area contributed by atoms with Crippen LogP contribution in [0.5, 0.6) is 0 Å². The number of carboxylic acid groups (broad SMARTS) is 1. The Hall–Kier alpha value is -2.50. The lowest BCUT2D eigenvalue weighted by Gasteiger charge is -2.04. The van der Waals surface area contributed by atoms with E-state index in [1.165, 1.54) is 31.6 Å². The third kappa shape index (κ3) is 1.92. The summed E-state index contributed by atoms with van der Waals surface area (Å²) < 4.78 is 4.54. The van der Waals surface area contributed by atoms with Crippen molar-refractivity contribution in [2.24, 2.45) is 0 Å². The first-order chi connectivity index (χ1) is 8.13. The SMILES string of the molecule is COC(=O)c1cc(C(=O)O)c2nccnc2c1. The Labute approximate surface area is 95.9 Å². The summed E-state index contributed by atoms with van der Waals surface area (Å²) >= 11 is 0. The van der Waals surface area contributed by atoms with Crippen molar-refractivity contribution in [3.8, 4) is 0 Å². The number of benzene rings is 1. The molecule has 1 aromatic heterocycles. The van der Waals surface area contributed by atoms with Gasteiger partial charge in [0.05, 0.1) is 23.8 Å². The minimum atomic E-state index is -1.17. The Kier molecular flexibility index (Phi) is 2.70. The maximum atomic E-state index is 11.4. The van der Waals surface area contributed by atoms with Crippen LogP contribution in [0.25, 0.3) is 11.0 Å². The van der Waals surface area contributed by atoms with Gasteiger partial charge in [0.25, 0.3) is 0 Å². The lowest BCUT2D eigenvalue weighted by molar-refractivity contribution is 0.0601. The van der Waals surface area contributed by atoms with E-state index in [1.807, 2.05) is 0 Å². The summed E-state index contributed by atoms with van der Waals surface area (Å²) in [6, 6.07) is 2.67. The van der Waals surface area contributed by atoms with Crippen LogP contribution >= 0.6 is 0 Å². The van der Waals surface area contributed by atoms with Crippen molar-refractivity contribution in [1.82, 2.24) is 9.97 Å². The van der Waals surface area contributed by atoms with Gasteiger partial charge in [-0.3, -0.25) is 9.97 Å². The molecular weight excluding hydrogens is 224 g/mol. The number of carbonyl (C=O) groups excluding carboxylic acids is 1. The average Bonchev–Trinajstić information content (AvgIpc) is 2.36. The molecule has 0 fully saturated rings. The molecule has 0 atom stereocenters. The number of aromatic carboxylic acids is 1. The van der Waals surface area contributed by atoms with Gasteiger partial charge >= 0.3 is 11.9 Å². The summed E-state index contributed by atoms with van der Waals surface area (Å²) in [5, 5.41) is 9.04. The number of carbonyl (C=O) groups is 2. The molecule has 0 saturated carbocycles. The van der Waals surface area contributed by atoms with Crippen LogP contribution in [-0.2, 0) is 4.74 Å². The fourth-order valence-electron chi connectivity index (χ4n) is 1.47. The molecule has 0 aliphatic rings. The number of aromatic nitrogens is 2. The highest BCUT2D eigenvalue weighted by atomic mass is 16.5. The van der Waals surface area contributed by atoms with Crippen LogP contribution in [0.15, 0.2) is 24.5 Å². The molecule has 1 aromatic carbocycles. The van der Waals surface area contributed by atoms with E-state index < -0.39 is 11.9 Å². The average molecular weight is 232 g/mol. The minimum absolute atomic E-state index is 0.0731. The lowest BCUT2D eigenvalue weighted by atomic mass is 10.1. The molecule has 17 heavy (non-hydrogen) atoms. The Morgan fingerprint density at radius 2 is 1.94 bits per heavy atom. The van der Waals surface area contributed by atoms with E-state index >= 15 is 0 Å². The van der Waals surface area contributed by atoms with Crippen LogP contribution in [0.4, 0.5) is 0 Å². The monoisotopic (exact) mass is 232 g/mol. The van der Waals surface area contributed by atoms with Crippen molar-refractivity contribution in [2.75, 3.05) is 7.11 Å². The van der Waals surface area contributed by atoms with Crippen molar-refractivity contribution >= 4 is 23.0 Å². The van der Waals surface area contributed by atoms with E-state index in [0.717, 1.165) is 0 Å². The number of nitrogens with zero attached hydrogens (tertiary/aromatic N) is 2. The van der Waals surface area contributed by atoms with Gasteiger partial charge in [-0.15, -0.1) is 0 Å². The van der Waals surface area contributed by atoms with Gasteiger partial charge in [0, 0.05) is 12.4 Å². The fraction of sp³-hybridized carbons (Fsp3) is 0.0909. The molecule has 1 heterocycles. The zero-order valence-corrected chi connectivity index (χ0v) is 8.88. The van der Waals surface area contributed by atoms with Crippen LogP contribution in [0.3, 0.4) is 0 Å². The highest BCUT2D eigenvalue weighted by Crippen LogP contribution is 2.17. The largest absolute Gasteiger partial charge is 0.478 e. The molecule has 6 heteroatoms. The predicted molar refractivity (Wildman–Crippen MR) is 57.8 cm³/mol. The zero-order valence-electron chi connectivity index (χ0n) is 8.88. The number of ether oxygens (including phenoxy) is 1. The first kappa shape index (κ1) is 11.0. The van der Waals surface area contributed by atoms with Crippen molar-refractivity contribution in [1.29, 1.82) is 0 Å². The summed E-state index contributed by atoms with van der Waals surface area (Å²) in [6.07, 6.45) is 2.82. The van der Waals surface area contributed by atoms with Crippen LogP contribution in [-0.4, -0.2) is 34.1 Å². The number of rotatable bonds is 2. The number of hydrogen-bond donors (Lipinski definition) is 1. The normalized spacial score (nSPS) is 10.2. The van der Waals surface area contributed by atoms with E-state index in [1.54, 1.807) is 0 Å². The van der Waals surface area contributed by atoms with Gasteiger partial charge in [-0.1, -0.05) is 0 Å². The summed E-state index contributed by atoms with van der Waals surface area (Å²) in [6.45, 7) is 0. The summed E-state index contributed by atoms with van der Waals surface area (Å²) in [4.78, 5) is 30.3. The second-order valence-corrected chi connectivity index (χ2v) is 3.24. The molecule has 86 valence electrons. The first-order valence-corrected chi connectivity index (χ1v) is 4.70. The Morgan fingerprint density at radius 3 is 2.59 bits per heavy atom. The van der Waals surface area contributed by atoms with E-state index in [-0.39, 0.29) is 16.6 Å². The van der Waals surface area contributed by atoms with Gasteiger partial charge in [-0.25, -0.2) is 9.59 Å². The predicted octanol–water partition coefficient (Wildman–Crippen LogP) is 1.11. The van der Waals surface area contributed by atoms with E-state index in [0.29, 0.717) is 5.52 Å². The second-order valence-electron chi connectivity index (χ2n) is 3.24. The number of fused-ring (bicyclic) bond motifs is 1. The molecule has 0 spiro atoms. The highest BCUT2D eigenvalue weighted by molar-refractivity contribution is 6.04. The Morgan fingerprint density at radius 1 is 1.24 bits per heavy atom. The number of carboxylic acids is 1. The highest BCUT2D eigenvalue weighted by Gasteiger charge is 2.15. The Balaban J connectivity index is 2.76. The third-order valence-corrected chi connectivity index (χ3v) is 2.23. The van der Waals surface area contributed by atoms with Gasteiger partial charge < -0.3 is 9.84 Å². The van der Waals surface area contributed by atoms with Crippen molar-refractivity contribution in [2.45, 2.75) is 0 Å². The van der Waals surface area contributed by atoms with Gasteiger partial charge in [0.15, 0.2) is 0 Å². The quantitative estimate of drug-likeness (QED) is 0.780. The molecule has 0 aliphatic heterocycles. The molecule has 0 bridgehead atoms. The molecule has 2 aromatic rings. The molecule has 0 unspecified atom stereocenters. The van der Waals surface area contributed by atoms with E-state index in [9.17, 15) is 9.59 Å². The molecule has 6 nitrogen and oxygen atoms in total. The van der Waals surface area contributed by atoms with Gasteiger partial charge in [0.1, 0.15) is 5.52 Å². The number of esters is 1. The lowest BCUT2D eigenvalue weighted by Crippen LogP contribution is -2.06. The molecule has 0 saturated heterocycles. The Bertz CT molecular complexity index is 609. The van der Waals surface area contributed by atoms with Crippen LogP contribution in [0, 0.1) is 0 Å². The van der Waals surface area contributed by atoms with Crippen molar-refractivity contribution < 1.29 is 19.4 Å². The number of hydrogen-bond acceptors (Lipinski definition) is 5. The molecule has 0 aliphatic carbocycles. The first-order valence-electron chi connectivity index (χ1n) is 4.70.